The van der Waals surface area contributed by atoms with E-state index in [-0.39, 0.29) is 41.0 Å². The summed E-state index contributed by atoms with van der Waals surface area (Å²) in [4.78, 5) is 16.2. The van der Waals surface area contributed by atoms with Gasteiger partial charge in [-0.2, -0.15) is 0 Å². The minimum absolute atomic E-state index is 0.0197. The number of rotatable bonds is 6. The molecule has 2 saturated heterocycles. The van der Waals surface area contributed by atoms with Crippen LogP contribution < -0.4 is 10.1 Å². The van der Waals surface area contributed by atoms with Gasteiger partial charge in [0.2, 0.25) is 0 Å². The first kappa shape index (κ1) is 20.5. The Hall–Kier alpha value is -2.05. The lowest BCUT2D eigenvalue weighted by Crippen LogP contribution is -2.54. The SMILES string of the molecule is COc1ccc2[nH]cc(CCNCC3C(=O)O[C@@H]4C[C@@]5(C)CCC[C@H](C)[C@@]56O[C@H]6[C@H]34)c2c1. The van der Waals surface area contributed by atoms with E-state index in [2.05, 4.69) is 36.4 Å². The molecular formula is C26H34N2O4. The lowest BCUT2D eigenvalue weighted by Gasteiger charge is -2.48. The van der Waals surface area contributed by atoms with E-state index >= 15 is 0 Å². The Bertz CT molecular complexity index is 1050. The number of esters is 1. The molecule has 0 bridgehead atoms. The second kappa shape index (κ2) is 7.22. The predicted octanol–water partition coefficient (Wildman–Crippen LogP) is 3.83. The Kier molecular flexibility index (Phi) is 4.64. The van der Waals surface area contributed by atoms with Crippen LogP contribution in [0.2, 0.25) is 0 Å². The van der Waals surface area contributed by atoms with E-state index in [9.17, 15) is 4.79 Å². The molecule has 1 aromatic carbocycles. The molecule has 4 aliphatic rings. The number of benzene rings is 1. The number of hydrogen-bond acceptors (Lipinski definition) is 5. The molecule has 2 N–H and O–H groups in total. The van der Waals surface area contributed by atoms with Crippen LogP contribution in [-0.2, 0) is 20.7 Å². The molecule has 2 aromatic rings. The lowest BCUT2D eigenvalue weighted by atomic mass is 9.53. The Balaban J connectivity index is 1.12. The molecule has 2 aliphatic carbocycles. The standard InChI is InChI=1S/C26H34N2O4/c1-15-5-4-9-25(2)12-21-22(23-26(15,25)32-23)19(24(29)31-21)14-27-10-8-16-13-28-20-7-6-17(30-3)11-18(16)20/h6-7,11,13,15,19,21-23,27-28H,4-5,8-10,12,14H2,1-3H3/t15-,19?,21+,22+,23-,25+,26-/m0/s1. The third-order valence-corrected chi connectivity index (χ3v) is 9.10. The maximum Gasteiger partial charge on any atom is 0.311 e. The first-order chi connectivity index (χ1) is 15.5. The highest BCUT2D eigenvalue weighted by Gasteiger charge is 2.78. The molecule has 6 heteroatoms. The molecule has 1 spiro atoms. The van der Waals surface area contributed by atoms with Gasteiger partial charge in [0.05, 0.1) is 19.1 Å². The van der Waals surface area contributed by atoms with Gasteiger partial charge in [-0.05, 0) is 61.9 Å². The first-order valence-corrected chi connectivity index (χ1v) is 12.2. The number of carbonyl (C=O) groups excluding carboxylic acids is 1. The summed E-state index contributed by atoms with van der Waals surface area (Å²) in [7, 11) is 1.69. The van der Waals surface area contributed by atoms with Crippen molar-refractivity contribution in [2.24, 2.45) is 23.2 Å². The molecule has 2 aliphatic heterocycles. The number of epoxide rings is 1. The monoisotopic (exact) mass is 438 g/mol. The van der Waals surface area contributed by atoms with Crippen LogP contribution in [-0.4, -0.2) is 49.0 Å². The smallest absolute Gasteiger partial charge is 0.311 e. The molecule has 172 valence electrons. The third-order valence-electron chi connectivity index (χ3n) is 9.10. The first-order valence-electron chi connectivity index (χ1n) is 12.2. The molecular weight excluding hydrogens is 404 g/mol. The number of nitrogens with one attached hydrogen (secondary N) is 2. The van der Waals surface area contributed by atoms with Crippen LogP contribution in [0.15, 0.2) is 24.4 Å². The summed E-state index contributed by atoms with van der Waals surface area (Å²) in [6, 6.07) is 6.10. The van der Waals surface area contributed by atoms with E-state index in [1.54, 1.807) is 7.11 Å². The van der Waals surface area contributed by atoms with E-state index in [4.69, 9.17) is 14.2 Å². The number of hydrogen-bond donors (Lipinski definition) is 2. The summed E-state index contributed by atoms with van der Waals surface area (Å²) >= 11 is 0. The normalized spacial score (nSPS) is 39.8. The van der Waals surface area contributed by atoms with Crippen LogP contribution in [0.5, 0.6) is 5.75 Å². The Morgan fingerprint density at radius 1 is 1.34 bits per heavy atom. The highest BCUT2D eigenvalue weighted by Crippen LogP contribution is 2.70. The quantitative estimate of drug-likeness (QED) is 0.407. The summed E-state index contributed by atoms with van der Waals surface area (Å²) in [6.07, 6.45) is 7.79. The second-order valence-electron chi connectivity index (χ2n) is 10.7. The highest BCUT2D eigenvalue weighted by molar-refractivity contribution is 5.84. The fourth-order valence-electron chi connectivity index (χ4n) is 7.44. The van der Waals surface area contributed by atoms with Crippen LogP contribution in [0.1, 0.15) is 45.1 Å². The van der Waals surface area contributed by atoms with Crippen molar-refractivity contribution in [1.82, 2.24) is 10.3 Å². The van der Waals surface area contributed by atoms with Gasteiger partial charge < -0.3 is 24.5 Å². The molecule has 2 saturated carbocycles. The molecule has 4 fully saturated rings. The van der Waals surface area contributed by atoms with E-state index < -0.39 is 0 Å². The molecule has 3 heterocycles. The maximum atomic E-state index is 12.8. The van der Waals surface area contributed by atoms with Gasteiger partial charge in [0.1, 0.15) is 17.5 Å². The molecule has 0 radical (unpaired) electrons. The largest absolute Gasteiger partial charge is 0.497 e. The van der Waals surface area contributed by atoms with Crippen molar-refractivity contribution in [3.05, 3.63) is 30.0 Å². The summed E-state index contributed by atoms with van der Waals surface area (Å²) in [5.41, 5.74) is 2.50. The van der Waals surface area contributed by atoms with E-state index in [0.29, 0.717) is 12.5 Å². The van der Waals surface area contributed by atoms with Crippen molar-refractivity contribution >= 4 is 16.9 Å². The van der Waals surface area contributed by atoms with Crippen LogP contribution in [0.3, 0.4) is 0 Å². The summed E-state index contributed by atoms with van der Waals surface area (Å²) < 4.78 is 17.8. The Morgan fingerprint density at radius 3 is 3.06 bits per heavy atom. The van der Waals surface area contributed by atoms with Crippen LogP contribution in [0.4, 0.5) is 0 Å². The van der Waals surface area contributed by atoms with E-state index in [1.807, 2.05) is 12.1 Å². The van der Waals surface area contributed by atoms with Gasteiger partial charge in [0, 0.05) is 35.0 Å². The zero-order valence-corrected chi connectivity index (χ0v) is 19.3. The van der Waals surface area contributed by atoms with Gasteiger partial charge in [-0.1, -0.05) is 20.3 Å². The molecule has 7 atom stereocenters. The molecule has 1 unspecified atom stereocenters. The third kappa shape index (κ3) is 2.81. The lowest BCUT2D eigenvalue weighted by molar-refractivity contribution is -0.146. The van der Waals surface area contributed by atoms with Crippen molar-refractivity contribution in [2.75, 3.05) is 20.2 Å². The van der Waals surface area contributed by atoms with Crippen molar-refractivity contribution in [3.63, 3.8) is 0 Å². The van der Waals surface area contributed by atoms with Crippen molar-refractivity contribution < 1.29 is 19.0 Å². The minimum Gasteiger partial charge on any atom is -0.497 e. The zero-order valence-electron chi connectivity index (χ0n) is 19.3. The van der Waals surface area contributed by atoms with Gasteiger partial charge in [-0.25, -0.2) is 0 Å². The summed E-state index contributed by atoms with van der Waals surface area (Å²) in [6.45, 7) is 6.19. The van der Waals surface area contributed by atoms with Crippen LogP contribution >= 0.6 is 0 Å². The van der Waals surface area contributed by atoms with Gasteiger partial charge in [-0.3, -0.25) is 4.79 Å². The van der Waals surface area contributed by atoms with Gasteiger partial charge in [0.25, 0.3) is 0 Å². The molecule has 32 heavy (non-hydrogen) atoms. The minimum atomic E-state index is -0.105. The van der Waals surface area contributed by atoms with Crippen LogP contribution in [0.25, 0.3) is 10.9 Å². The zero-order chi connectivity index (χ0) is 22.1. The fraction of sp³-hybridized carbons (Fsp3) is 0.654. The summed E-state index contributed by atoms with van der Waals surface area (Å²) in [5, 5.41) is 4.74. The Morgan fingerprint density at radius 2 is 2.22 bits per heavy atom. The molecule has 1 aromatic heterocycles. The topological polar surface area (TPSA) is 75.9 Å². The number of aromatic amines is 1. The van der Waals surface area contributed by atoms with Crippen molar-refractivity contribution in [3.8, 4) is 5.75 Å². The average Bonchev–Trinajstić information content (AvgIpc) is 3.31. The summed E-state index contributed by atoms with van der Waals surface area (Å²) in [5.74, 6) is 1.48. The van der Waals surface area contributed by atoms with Gasteiger partial charge in [-0.15, -0.1) is 0 Å². The van der Waals surface area contributed by atoms with Crippen LogP contribution in [0, 0.1) is 23.2 Å². The van der Waals surface area contributed by atoms with Gasteiger partial charge >= 0.3 is 5.97 Å². The number of aromatic nitrogens is 1. The number of methoxy groups -OCH3 is 1. The molecule has 0 amide bonds. The van der Waals surface area contributed by atoms with E-state index in [0.717, 1.165) is 30.7 Å². The average molecular weight is 439 g/mol. The highest BCUT2D eigenvalue weighted by atomic mass is 16.6. The predicted molar refractivity (Wildman–Crippen MR) is 122 cm³/mol. The molecule has 6 nitrogen and oxygen atoms in total. The number of ether oxygens (including phenoxy) is 3. The number of carbonyl (C=O) groups is 1. The van der Waals surface area contributed by atoms with Gasteiger partial charge in [0.15, 0.2) is 0 Å². The number of H-pyrrole nitrogens is 1. The van der Waals surface area contributed by atoms with Crippen molar-refractivity contribution in [2.45, 2.75) is 63.8 Å². The molecule has 6 rings (SSSR count). The Labute approximate surface area is 189 Å². The fourth-order valence-corrected chi connectivity index (χ4v) is 7.44. The second-order valence-corrected chi connectivity index (χ2v) is 10.7. The maximum absolute atomic E-state index is 12.8. The van der Waals surface area contributed by atoms with Crippen molar-refractivity contribution in [1.29, 1.82) is 0 Å². The van der Waals surface area contributed by atoms with E-state index in [1.165, 1.54) is 30.2 Å². The number of fused-ring (bicyclic) bond motifs is 3.